The first kappa shape index (κ1) is 15.5. The summed E-state index contributed by atoms with van der Waals surface area (Å²) in [6.45, 7) is 7.25. The lowest BCUT2D eigenvalue weighted by molar-refractivity contribution is -0.148. The van der Waals surface area contributed by atoms with Gasteiger partial charge in [-0.1, -0.05) is 13.0 Å². The van der Waals surface area contributed by atoms with Crippen LogP contribution in [0.25, 0.3) is 0 Å². The maximum atomic E-state index is 12.2. The van der Waals surface area contributed by atoms with Gasteiger partial charge in [-0.25, -0.2) is 9.59 Å². The predicted octanol–water partition coefficient (Wildman–Crippen LogP) is 1.23. The quantitative estimate of drug-likeness (QED) is 0.711. The lowest BCUT2D eigenvalue weighted by Crippen LogP contribution is -2.60. The van der Waals surface area contributed by atoms with Gasteiger partial charge >= 0.3 is 12.0 Å². The van der Waals surface area contributed by atoms with Crippen LogP contribution in [0.4, 0.5) is 4.79 Å². The minimum atomic E-state index is -1.21. The minimum absolute atomic E-state index is 0.294. The standard InChI is InChI=1S/C13H22N2O4/c1-3-7-15(8-4-2)12(18)14-13(11(16)17)5-9-19-10-6-13/h3H,1,4-10H2,2H3,(H,14,18)(H,16,17). The van der Waals surface area contributed by atoms with Gasteiger partial charge in [0.1, 0.15) is 5.54 Å². The second-order valence-electron chi connectivity index (χ2n) is 4.66. The number of hydrogen-bond donors (Lipinski definition) is 2. The minimum Gasteiger partial charge on any atom is -0.480 e. The van der Waals surface area contributed by atoms with Crippen LogP contribution in [0.15, 0.2) is 12.7 Å². The lowest BCUT2D eigenvalue weighted by atomic mass is 9.90. The molecule has 0 radical (unpaired) electrons. The first-order chi connectivity index (χ1) is 9.05. The predicted molar refractivity (Wildman–Crippen MR) is 71.0 cm³/mol. The van der Waals surface area contributed by atoms with Gasteiger partial charge in [0.05, 0.1) is 0 Å². The highest BCUT2D eigenvalue weighted by atomic mass is 16.5. The zero-order valence-corrected chi connectivity index (χ0v) is 11.4. The van der Waals surface area contributed by atoms with Crippen LogP contribution in [0.3, 0.4) is 0 Å². The van der Waals surface area contributed by atoms with Crippen molar-refractivity contribution >= 4 is 12.0 Å². The SMILES string of the molecule is C=CCN(CCC)C(=O)NC1(C(=O)O)CCOCC1. The van der Waals surface area contributed by atoms with Crippen LogP contribution in [0.1, 0.15) is 26.2 Å². The summed E-state index contributed by atoms with van der Waals surface area (Å²) in [5, 5.41) is 12.0. The molecule has 19 heavy (non-hydrogen) atoms. The molecule has 2 amide bonds. The van der Waals surface area contributed by atoms with E-state index in [1.54, 1.807) is 11.0 Å². The zero-order chi connectivity index (χ0) is 14.3. The van der Waals surface area contributed by atoms with E-state index in [2.05, 4.69) is 11.9 Å². The van der Waals surface area contributed by atoms with Crippen LogP contribution < -0.4 is 5.32 Å². The summed E-state index contributed by atoms with van der Waals surface area (Å²) in [6.07, 6.45) is 3.03. The molecular formula is C13H22N2O4. The van der Waals surface area contributed by atoms with Crippen molar-refractivity contribution in [2.24, 2.45) is 0 Å². The van der Waals surface area contributed by atoms with Crippen LogP contribution in [0, 0.1) is 0 Å². The van der Waals surface area contributed by atoms with Crippen molar-refractivity contribution in [3.8, 4) is 0 Å². The Morgan fingerprint density at radius 3 is 2.58 bits per heavy atom. The van der Waals surface area contributed by atoms with E-state index >= 15 is 0 Å². The van der Waals surface area contributed by atoms with Crippen molar-refractivity contribution in [2.75, 3.05) is 26.3 Å². The average molecular weight is 270 g/mol. The van der Waals surface area contributed by atoms with E-state index < -0.39 is 11.5 Å². The fourth-order valence-electron chi connectivity index (χ4n) is 2.10. The van der Waals surface area contributed by atoms with Gasteiger partial charge in [-0.05, 0) is 6.42 Å². The Morgan fingerprint density at radius 1 is 1.47 bits per heavy atom. The number of aliphatic carboxylic acids is 1. The number of urea groups is 1. The third-order valence-corrected chi connectivity index (χ3v) is 3.23. The molecule has 1 aliphatic heterocycles. The van der Waals surface area contributed by atoms with Crippen LogP contribution in [-0.2, 0) is 9.53 Å². The molecule has 2 N–H and O–H groups in total. The third kappa shape index (κ3) is 3.96. The molecule has 0 spiro atoms. The zero-order valence-electron chi connectivity index (χ0n) is 11.4. The molecule has 0 aromatic carbocycles. The molecular weight excluding hydrogens is 248 g/mol. The molecule has 0 aromatic rings. The number of rotatable bonds is 6. The van der Waals surface area contributed by atoms with Crippen molar-refractivity contribution in [2.45, 2.75) is 31.7 Å². The van der Waals surface area contributed by atoms with Gasteiger partial charge in [0.15, 0.2) is 0 Å². The van der Waals surface area contributed by atoms with E-state index in [-0.39, 0.29) is 6.03 Å². The van der Waals surface area contributed by atoms with E-state index in [1.165, 1.54) is 0 Å². The second-order valence-corrected chi connectivity index (χ2v) is 4.66. The summed E-state index contributed by atoms with van der Waals surface area (Å²) in [5.41, 5.74) is -1.21. The second kappa shape index (κ2) is 7.13. The summed E-state index contributed by atoms with van der Waals surface area (Å²) in [4.78, 5) is 25.2. The molecule has 1 rings (SSSR count). The number of carboxylic acids is 1. The monoisotopic (exact) mass is 270 g/mol. The van der Waals surface area contributed by atoms with Crippen molar-refractivity contribution in [3.05, 3.63) is 12.7 Å². The first-order valence-corrected chi connectivity index (χ1v) is 6.55. The van der Waals surface area contributed by atoms with Gasteiger partial charge in [0, 0.05) is 39.1 Å². The van der Waals surface area contributed by atoms with Crippen molar-refractivity contribution in [1.29, 1.82) is 0 Å². The molecule has 6 nitrogen and oxygen atoms in total. The van der Waals surface area contributed by atoms with Gasteiger partial charge in [0.2, 0.25) is 0 Å². The smallest absolute Gasteiger partial charge is 0.329 e. The van der Waals surface area contributed by atoms with Crippen LogP contribution >= 0.6 is 0 Å². The van der Waals surface area contributed by atoms with E-state index in [9.17, 15) is 14.7 Å². The number of nitrogens with one attached hydrogen (secondary N) is 1. The fourth-order valence-corrected chi connectivity index (χ4v) is 2.10. The molecule has 1 heterocycles. The van der Waals surface area contributed by atoms with Crippen molar-refractivity contribution in [1.82, 2.24) is 10.2 Å². The highest BCUT2D eigenvalue weighted by Gasteiger charge is 2.42. The Labute approximate surface area is 113 Å². The molecule has 0 unspecified atom stereocenters. The molecule has 6 heteroatoms. The molecule has 0 atom stereocenters. The van der Waals surface area contributed by atoms with Crippen LogP contribution in [-0.4, -0.2) is 53.8 Å². The molecule has 1 fully saturated rings. The number of hydrogen-bond acceptors (Lipinski definition) is 3. The van der Waals surface area contributed by atoms with Crippen LogP contribution in [0.5, 0.6) is 0 Å². The molecule has 1 saturated heterocycles. The highest BCUT2D eigenvalue weighted by Crippen LogP contribution is 2.21. The van der Waals surface area contributed by atoms with Gasteiger partial charge in [-0.2, -0.15) is 0 Å². The molecule has 108 valence electrons. The fraction of sp³-hybridized carbons (Fsp3) is 0.692. The van der Waals surface area contributed by atoms with Crippen LogP contribution in [0.2, 0.25) is 0 Å². The number of nitrogens with zero attached hydrogens (tertiary/aromatic N) is 1. The summed E-state index contributed by atoms with van der Waals surface area (Å²) in [5.74, 6) is -1.00. The summed E-state index contributed by atoms with van der Waals surface area (Å²) in [6, 6.07) is -0.356. The number of ether oxygens (including phenoxy) is 1. The Balaban J connectivity index is 2.74. The largest absolute Gasteiger partial charge is 0.480 e. The number of carbonyl (C=O) groups excluding carboxylic acids is 1. The first-order valence-electron chi connectivity index (χ1n) is 6.55. The Kier molecular flexibility index (Phi) is 5.82. The number of carbonyl (C=O) groups is 2. The number of amides is 2. The van der Waals surface area contributed by atoms with E-state index in [0.29, 0.717) is 39.1 Å². The molecule has 1 aliphatic rings. The van der Waals surface area contributed by atoms with Crippen molar-refractivity contribution in [3.63, 3.8) is 0 Å². The Morgan fingerprint density at radius 2 is 2.11 bits per heavy atom. The van der Waals surface area contributed by atoms with Gasteiger partial charge in [-0.15, -0.1) is 6.58 Å². The maximum Gasteiger partial charge on any atom is 0.329 e. The van der Waals surface area contributed by atoms with E-state index in [1.807, 2.05) is 6.92 Å². The highest BCUT2D eigenvalue weighted by molar-refractivity contribution is 5.86. The summed E-state index contributed by atoms with van der Waals surface area (Å²) >= 11 is 0. The van der Waals surface area contributed by atoms with Gasteiger partial charge < -0.3 is 20.1 Å². The normalized spacial score (nSPS) is 17.5. The Bertz CT molecular complexity index is 338. The lowest BCUT2D eigenvalue weighted by Gasteiger charge is -2.35. The van der Waals surface area contributed by atoms with Gasteiger partial charge in [0.25, 0.3) is 0 Å². The topological polar surface area (TPSA) is 78.9 Å². The summed E-state index contributed by atoms with van der Waals surface area (Å²) < 4.78 is 5.17. The van der Waals surface area contributed by atoms with E-state index in [0.717, 1.165) is 6.42 Å². The average Bonchev–Trinajstić information content (AvgIpc) is 2.39. The molecule has 0 saturated carbocycles. The third-order valence-electron chi connectivity index (χ3n) is 3.23. The maximum absolute atomic E-state index is 12.2. The summed E-state index contributed by atoms with van der Waals surface area (Å²) in [7, 11) is 0. The molecule has 0 aliphatic carbocycles. The van der Waals surface area contributed by atoms with Gasteiger partial charge in [-0.3, -0.25) is 0 Å². The molecule has 0 aromatic heterocycles. The number of carboxylic acid groups (broad SMARTS) is 1. The van der Waals surface area contributed by atoms with Crippen molar-refractivity contribution < 1.29 is 19.4 Å². The Hall–Kier alpha value is -1.56. The van der Waals surface area contributed by atoms with E-state index in [4.69, 9.17) is 4.74 Å². The molecule has 0 bridgehead atoms.